The maximum Gasteiger partial charge on any atom is 0.255 e. The van der Waals surface area contributed by atoms with Gasteiger partial charge in [0.25, 0.3) is 5.91 Å². The van der Waals surface area contributed by atoms with Crippen molar-refractivity contribution in [2.24, 2.45) is 0 Å². The molecule has 1 atom stereocenters. The molecule has 1 amide bonds. The highest BCUT2D eigenvalue weighted by Crippen LogP contribution is 2.26. The van der Waals surface area contributed by atoms with E-state index in [1.165, 1.54) is 0 Å². The van der Waals surface area contributed by atoms with Crippen LogP contribution in [0.25, 0.3) is 0 Å². The van der Waals surface area contributed by atoms with E-state index in [4.69, 9.17) is 0 Å². The molecule has 3 rings (SSSR count). The van der Waals surface area contributed by atoms with Gasteiger partial charge in [0.2, 0.25) is 0 Å². The predicted molar refractivity (Wildman–Crippen MR) is 97.6 cm³/mol. The molecule has 6 nitrogen and oxygen atoms in total. The Labute approximate surface area is 149 Å². The zero-order valence-corrected chi connectivity index (χ0v) is 15.4. The first kappa shape index (κ1) is 17.6. The first-order chi connectivity index (χ1) is 12.0. The Bertz CT molecular complexity index is 707. The number of rotatable bonds is 5. The molecule has 0 saturated carbocycles. The van der Waals surface area contributed by atoms with E-state index < -0.39 is 0 Å². The summed E-state index contributed by atoms with van der Waals surface area (Å²) in [5, 5.41) is 0. The number of carbonyl (C=O) groups excluding carboxylic acids is 1. The Morgan fingerprint density at radius 3 is 2.88 bits per heavy atom. The Morgan fingerprint density at radius 2 is 2.16 bits per heavy atom. The van der Waals surface area contributed by atoms with Crippen LogP contribution in [0.2, 0.25) is 0 Å². The van der Waals surface area contributed by atoms with Crippen LogP contribution >= 0.6 is 0 Å². The number of likely N-dealkylation sites (N-methyl/N-ethyl adjacent to an activating group) is 1. The summed E-state index contributed by atoms with van der Waals surface area (Å²) in [4.78, 5) is 25.7. The van der Waals surface area contributed by atoms with Crippen molar-refractivity contribution in [3.8, 4) is 0 Å². The maximum absolute atomic E-state index is 12.8. The second-order valence-electron chi connectivity index (χ2n) is 7.06. The first-order valence-corrected chi connectivity index (χ1v) is 8.92. The molecule has 0 N–H and O–H groups in total. The van der Waals surface area contributed by atoms with Crippen LogP contribution in [0, 0.1) is 6.92 Å². The minimum atomic E-state index is 0.0728. The molecular weight excluding hydrogens is 314 g/mol. The number of amides is 1. The van der Waals surface area contributed by atoms with Gasteiger partial charge in [-0.1, -0.05) is 0 Å². The second-order valence-corrected chi connectivity index (χ2v) is 7.06. The molecule has 6 heteroatoms. The van der Waals surface area contributed by atoms with Crippen LogP contribution in [-0.4, -0.2) is 64.0 Å². The topological polar surface area (TPSA) is 54.3 Å². The normalized spacial score (nSPS) is 17.9. The first-order valence-electron chi connectivity index (χ1n) is 8.92. The summed E-state index contributed by atoms with van der Waals surface area (Å²) in [6, 6.07) is 3.76. The Hall–Kier alpha value is -2.21. The van der Waals surface area contributed by atoms with Gasteiger partial charge in [-0.2, -0.15) is 0 Å². The minimum Gasteiger partial charge on any atom is -0.338 e. The molecule has 1 aliphatic rings. The zero-order chi connectivity index (χ0) is 17.8. The number of carbonyl (C=O) groups is 1. The van der Waals surface area contributed by atoms with Crippen molar-refractivity contribution in [3.63, 3.8) is 0 Å². The molecule has 25 heavy (non-hydrogen) atoms. The number of likely N-dealkylation sites (tertiary alicyclic amines) is 1. The van der Waals surface area contributed by atoms with E-state index in [0.29, 0.717) is 11.5 Å². The number of imidazole rings is 1. The Kier molecular flexibility index (Phi) is 5.48. The molecule has 2 aromatic rings. The number of nitrogens with zero attached hydrogens (tertiary/aromatic N) is 5. The number of pyridine rings is 1. The van der Waals surface area contributed by atoms with Crippen LogP contribution in [-0.2, 0) is 6.54 Å². The smallest absolute Gasteiger partial charge is 0.255 e. The summed E-state index contributed by atoms with van der Waals surface area (Å²) in [5.74, 6) is 1.47. The molecular formula is C19H27N5O. The second kappa shape index (κ2) is 7.78. The van der Waals surface area contributed by atoms with Gasteiger partial charge in [0.05, 0.1) is 5.56 Å². The fourth-order valence-corrected chi connectivity index (χ4v) is 3.33. The summed E-state index contributed by atoms with van der Waals surface area (Å²) < 4.78 is 2.23. The van der Waals surface area contributed by atoms with Gasteiger partial charge in [0.1, 0.15) is 5.82 Å². The summed E-state index contributed by atoms with van der Waals surface area (Å²) >= 11 is 0. The average molecular weight is 341 g/mol. The lowest BCUT2D eigenvalue weighted by Crippen LogP contribution is -2.40. The highest BCUT2D eigenvalue weighted by Gasteiger charge is 2.28. The van der Waals surface area contributed by atoms with Crippen LogP contribution < -0.4 is 0 Å². The summed E-state index contributed by atoms with van der Waals surface area (Å²) in [7, 11) is 4.15. The number of aryl methyl sites for hydroxylation is 1. The lowest BCUT2D eigenvalue weighted by molar-refractivity contribution is 0.0702. The van der Waals surface area contributed by atoms with Crippen molar-refractivity contribution in [2.45, 2.75) is 32.2 Å². The van der Waals surface area contributed by atoms with Gasteiger partial charge in [0, 0.05) is 56.4 Å². The number of hydrogen-bond acceptors (Lipinski definition) is 4. The van der Waals surface area contributed by atoms with Gasteiger partial charge < -0.3 is 14.4 Å². The molecule has 1 aliphatic heterocycles. The van der Waals surface area contributed by atoms with Crippen LogP contribution in [0.5, 0.6) is 0 Å². The van der Waals surface area contributed by atoms with Crippen molar-refractivity contribution >= 4 is 5.91 Å². The molecule has 3 heterocycles. The highest BCUT2D eigenvalue weighted by molar-refractivity contribution is 5.94. The predicted octanol–water partition coefficient (Wildman–Crippen LogP) is 2.17. The fraction of sp³-hybridized carbons (Fsp3) is 0.526. The molecule has 0 aromatic carbocycles. The van der Waals surface area contributed by atoms with Crippen molar-refractivity contribution in [1.29, 1.82) is 0 Å². The average Bonchev–Trinajstić information content (AvgIpc) is 3.09. The number of hydrogen-bond donors (Lipinski definition) is 0. The van der Waals surface area contributed by atoms with E-state index in [-0.39, 0.29) is 5.91 Å². The van der Waals surface area contributed by atoms with Gasteiger partial charge in [-0.25, -0.2) is 4.98 Å². The third kappa shape index (κ3) is 4.25. The zero-order valence-electron chi connectivity index (χ0n) is 15.4. The van der Waals surface area contributed by atoms with E-state index in [2.05, 4.69) is 33.5 Å². The fourth-order valence-electron chi connectivity index (χ4n) is 3.33. The molecule has 0 radical (unpaired) electrons. The Balaban J connectivity index is 1.70. The molecule has 1 unspecified atom stereocenters. The summed E-state index contributed by atoms with van der Waals surface area (Å²) in [5.41, 5.74) is 1.60. The van der Waals surface area contributed by atoms with Crippen LogP contribution in [0.15, 0.2) is 30.7 Å². The molecule has 0 aliphatic carbocycles. The van der Waals surface area contributed by atoms with E-state index in [9.17, 15) is 4.79 Å². The van der Waals surface area contributed by atoms with Gasteiger partial charge in [-0.3, -0.25) is 9.78 Å². The summed E-state index contributed by atoms with van der Waals surface area (Å²) in [6.45, 7) is 5.37. The third-order valence-corrected chi connectivity index (χ3v) is 4.77. The molecule has 1 fully saturated rings. The van der Waals surface area contributed by atoms with Crippen LogP contribution in [0.4, 0.5) is 0 Å². The maximum atomic E-state index is 12.8. The Morgan fingerprint density at radius 1 is 1.32 bits per heavy atom. The lowest BCUT2D eigenvalue weighted by atomic mass is 9.96. The number of aromatic nitrogens is 3. The van der Waals surface area contributed by atoms with Crippen LogP contribution in [0.3, 0.4) is 0 Å². The minimum absolute atomic E-state index is 0.0728. The van der Waals surface area contributed by atoms with Crippen molar-refractivity contribution in [3.05, 3.63) is 47.8 Å². The summed E-state index contributed by atoms with van der Waals surface area (Å²) in [6.07, 6.45) is 7.68. The molecule has 134 valence electrons. The molecule has 0 bridgehead atoms. The van der Waals surface area contributed by atoms with E-state index >= 15 is 0 Å². The van der Waals surface area contributed by atoms with Gasteiger partial charge in [0.15, 0.2) is 0 Å². The number of piperidine rings is 1. The quantitative estimate of drug-likeness (QED) is 0.836. The lowest BCUT2D eigenvalue weighted by Gasteiger charge is -2.32. The van der Waals surface area contributed by atoms with Gasteiger partial charge >= 0.3 is 0 Å². The van der Waals surface area contributed by atoms with Gasteiger partial charge in [-0.05, 0) is 46.0 Å². The standard InChI is InChI=1S/C19H27N5O/c1-15-6-7-16(13-21-15)19(25)24-9-4-5-17(14-24)18-20-8-10-23(18)12-11-22(2)3/h6-8,10,13,17H,4-5,9,11-12,14H2,1-3H3. The van der Waals surface area contributed by atoms with Crippen molar-refractivity contribution in [1.82, 2.24) is 24.3 Å². The van der Waals surface area contributed by atoms with Crippen LogP contribution in [0.1, 0.15) is 40.6 Å². The molecule has 1 saturated heterocycles. The highest BCUT2D eigenvalue weighted by atomic mass is 16.2. The SMILES string of the molecule is Cc1ccc(C(=O)N2CCCC(c3nccn3CCN(C)C)C2)cn1. The van der Waals surface area contributed by atoms with Gasteiger partial charge in [-0.15, -0.1) is 0 Å². The van der Waals surface area contributed by atoms with E-state index in [0.717, 1.165) is 50.5 Å². The molecule has 2 aromatic heterocycles. The largest absolute Gasteiger partial charge is 0.338 e. The van der Waals surface area contributed by atoms with Crippen molar-refractivity contribution < 1.29 is 4.79 Å². The third-order valence-electron chi connectivity index (χ3n) is 4.77. The van der Waals surface area contributed by atoms with Crippen molar-refractivity contribution in [2.75, 3.05) is 33.7 Å². The van der Waals surface area contributed by atoms with E-state index in [1.54, 1.807) is 6.20 Å². The monoisotopic (exact) mass is 341 g/mol. The molecule has 0 spiro atoms. The van der Waals surface area contributed by atoms with E-state index in [1.807, 2.05) is 36.4 Å².